The Morgan fingerprint density at radius 2 is 1.79 bits per heavy atom. The molecule has 0 amide bonds. The molecule has 4 atom stereocenters. The Morgan fingerprint density at radius 1 is 1.10 bits per heavy atom. The molecule has 7 nitrogen and oxygen atoms in total. The number of ether oxygens (including phenoxy) is 3. The molecular formula is C20H21O7SU-. The van der Waals surface area contributed by atoms with Crippen molar-refractivity contribution in [3.05, 3.63) is 72.3 Å². The minimum Gasteiger partial charge on any atom is -0.540 e. The van der Waals surface area contributed by atoms with Gasteiger partial charge in [0, 0.05) is 36.7 Å². The first-order valence-corrected chi connectivity index (χ1v) is 10.3. The number of hydrogen-bond acceptors (Lipinski definition) is 7. The van der Waals surface area contributed by atoms with Crippen molar-refractivity contribution in [2.75, 3.05) is 13.2 Å². The van der Waals surface area contributed by atoms with E-state index in [0.29, 0.717) is 0 Å². The van der Waals surface area contributed by atoms with Gasteiger partial charge in [-0.25, -0.2) is 0 Å². The fraction of sp³-hybridized carbons (Fsp3) is 0.350. The van der Waals surface area contributed by atoms with Crippen LogP contribution in [0.5, 0.6) is 0 Å². The smallest absolute Gasteiger partial charge is 0.297 e. The van der Waals surface area contributed by atoms with E-state index >= 15 is 0 Å². The van der Waals surface area contributed by atoms with E-state index < -0.39 is 47.4 Å². The standard InChI is InChI=1S/C20H21O7S.U/c1-14-7-9-16(10-8-14)28(22,23)25-13-20(12-21)18-17(11-24-20)26-19(27-18)15-5-3-2-4-6-15;/h2-11,17-19,21H,12-13H2,1H3;/q-1;/t17?,18?,19?,20-;/m0./s1. The van der Waals surface area contributed by atoms with Crippen molar-refractivity contribution < 1.29 is 63.0 Å². The Balaban J connectivity index is 0.00000240. The summed E-state index contributed by atoms with van der Waals surface area (Å²) in [6.45, 7) is 2.40. The summed E-state index contributed by atoms with van der Waals surface area (Å²) in [6, 6.07) is 15.7. The van der Waals surface area contributed by atoms with E-state index in [9.17, 15) is 13.5 Å². The molecule has 4 rings (SSSR count). The first kappa shape index (κ1) is 22.9. The molecule has 0 radical (unpaired) electrons. The summed E-state index contributed by atoms with van der Waals surface area (Å²) in [6.07, 6.45) is -1.87. The molecule has 0 saturated carbocycles. The Kier molecular flexibility index (Phi) is 7.24. The molecule has 0 aliphatic carbocycles. The van der Waals surface area contributed by atoms with Crippen LogP contribution < -0.4 is 0 Å². The molecule has 2 saturated heterocycles. The van der Waals surface area contributed by atoms with Gasteiger partial charge in [0.15, 0.2) is 6.29 Å². The Bertz CT molecular complexity index is 920. The van der Waals surface area contributed by atoms with Gasteiger partial charge in [-0.15, -0.1) is 0 Å². The Labute approximate surface area is 193 Å². The maximum Gasteiger partial charge on any atom is 0.297 e. The van der Waals surface area contributed by atoms with Crippen LogP contribution in [-0.4, -0.2) is 44.5 Å². The molecule has 0 aromatic heterocycles. The number of aliphatic hydroxyl groups is 1. The van der Waals surface area contributed by atoms with Gasteiger partial charge in [-0.2, -0.15) is 15.0 Å². The number of hydrogen-bond donors (Lipinski definition) is 1. The molecule has 2 aliphatic rings. The minimum atomic E-state index is -4.01. The normalized spacial score (nSPS) is 28.7. The number of benzene rings is 2. The van der Waals surface area contributed by atoms with Crippen molar-refractivity contribution >= 4 is 10.1 Å². The number of aryl methyl sites for hydroxylation is 1. The Hall–Kier alpha value is -0.758. The van der Waals surface area contributed by atoms with E-state index in [1.807, 2.05) is 37.3 Å². The maximum atomic E-state index is 12.5. The molecule has 0 bridgehead atoms. The number of fused-ring (bicyclic) bond motifs is 1. The van der Waals surface area contributed by atoms with E-state index in [1.165, 1.54) is 18.7 Å². The van der Waals surface area contributed by atoms with Crippen LogP contribution in [0.4, 0.5) is 0 Å². The molecule has 2 fully saturated rings. The summed E-state index contributed by atoms with van der Waals surface area (Å²) in [5.74, 6) is 0. The predicted molar refractivity (Wildman–Crippen MR) is 98.4 cm³/mol. The van der Waals surface area contributed by atoms with Crippen LogP contribution in [0.25, 0.3) is 0 Å². The maximum absolute atomic E-state index is 12.5. The molecule has 2 aliphatic heterocycles. The topological polar surface area (TPSA) is 91.3 Å². The second kappa shape index (κ2) is 9.17. The zero-order valence-corrected chi connectivity index (χ0v) is 20.7. The molecule has 2 aromatic carbocycles. The monoisotopic (exact) mass is 643 g/mol. The predicted octanol–water partition coefficient (Wildman–Crippen LogP) is 2.11. The van der Waals surface area contributed by atoms with Crippen LogP contribution in [-0.2, 0) is 28.5 Å². The average molecular weight is 643 g/mol. The Morgan fingerprint density at radius 3 is 2.45 bits per heavy atom. The third-order valence-electron chi connectivity index (χ3n) is 4.91. The first-order chi connectivity index (χ1) is 13.4. The summed E-state index contributed by atoms with van der Waals surface area (Å²) < 4.78 is 47.6. The van der Waals surface area contributed by atoms with Gasteiger partial charge in [0.05, 0.1) is 24.2 Å². The average Bonchev–Trinajstić information content (AvgIpc) is 3.28. The fourth-order valence-corrected chi connectivity index (χ4v) is 4.22. The van der Waals surface area contributed by atoms with Crippen molar-refractivity contribution in [2.24, 2.45) is 0 Å². The van der Waals surface area contributed by atoms with Crippen LogP contribution in [0.15, 0.2) is 59.5 Å². The van der Waals surface area contributed by atoms with Crippen molar-refractivity contribution in [1.82, 2.24) is 0 Å². The fourth-order valence-electron chi connectivity index (χ4n) is 3.26. The van der Waals surface area contributed by atoms with Gasteiger partial charge >= 0.3 is 0 Å². The summed E-state index contributed by atoms with van der Waals surface area (Å²) in [7, 11) is -4.01. The first-order valence-electron chi connectivity index (χ1n) is 8.87. The number of rotatable bonds is 6. The van der Waals surface area contributed by atoms with Crippen LogP contribution in [0.3, 0.4) is 0 Å². The van der Waals surface area contributed by atoms with Crippen molar-refractivity contribution in [1.29, 1.82) is 0 Å². The molecule has 9 heteroatoms. The van der Waals surface area contributed by atoms with Gasteiger partial charge in [0.1, 0.15) is 5.60 Å². The van der Waals surface area contributed by atoms with Gasteiger partial charge < -0.3 is 19.3 Å². The van der Waals surface area contributed by atoms with E-state index in [-0.39, 0.29) is 36.0 Å². The van der Waals surface area contributed by atoms with E-state index in [0.717, 1.165) is 11.1 Å². The van der Waals surface area contributed by atoms with Crippen LogP contribution in [0.1, 0.15) is 17.4 Å². The van der Waals surface area contributed by atoms with E-state index in [4.69, 9.17) is 18.4 Å². The molecule has 29 heavy (non-hydrogen) atoms. The van der Waals surface area contributed by atoms with Gasteiger partial charge in [0.25, 0.3) is 10.1 Å². The number of aliphatic hydroxyl groups excluding tert-OH is 1. The van der Waals surface area contributed by atoms with E-state index in [2.05, 4.69) is 0 Å². The largest absolute Gasteiger partial charge is 0.540 e. The molecule has 2 heterocycles. The van der Waals surface area contributed by atoms with Crippen LogP contribution >= 0.6 is 0 Å². The summed E-state index contributed by atoms with van der Waals surface area (Å²) >= 11 is 0. The van der Waals surface area contributed by atoms with Gasteiger partial charge in [-0.1, -0.05) is 48.0 Å². The molecule has 2 aromatic rings. The van der Waals surface area contributed by atoms with Crippen molar-refractivity contribution in [2.45, 2.75) is 35.9 Å². The van der Waals surface area contributed by atoms with Gasteiger partial charge in [0.2, 0.25) is 0 Å². The molecule has 1 N–H and O–H groups in total. The second-order valence-corrected chi connectivity index (χ2v) is 8.52. The molecule has 154 valence electrons. The minimum absolute atomic E-state index is 0. The molecule has 3 unspecified atom stereocenters. The van der Waals surface area contributed by atoms with Crippen molar-refractivity contribution in [3.8, 4) is 0 Å². The zero-order chi connectivity index (χ0) is 19.8. The third-order valence-corrected chi connectivity index (χ3v) is 6.19. The summed E-state index contributed by atoms with van der Waals surface area (Å²) in [4.78, 5) is 0.0375. The quantitative estimate of drug-likeness (QED) is 0.381. The van der Waals surface area contributed by atoms with E-state index in [1.54, 1.807) is 12.1 Å². The van der Waals surface area contributed by atoms with Crippen LogP contribution in [0.2, 0.25) is 0 Å². The third kappa shape index (κ3) is 4.63. The summed E-state index contributed by atoms with van der Waals surface area (Å²) in [5.41, 5.74) is 0.391. The van der Waals surface area contributed by atoms with Gasteiger partial charge in [-0.05, 0) is 25.2 Å². The summed E-state index contributed by atoms with van der Waals surface area (Å²) in [5, 5.41) is 9.97. The van der Waals surface area contributed by atoms with Gasteiger partial charge in [-0.3, -0.25) is 4.18 Å². The molecular weight excluding hydrogens is 622 g/mol. The van der Waals surface area contributed by atoms with Crippen LogP contribution in [0, 0.1) is 44.6 Å². The van der Waals surface area contributed by atoms with Crippen molar-refractivity contribution in [3.63, 3.8) is 0 Å². The SMILES string of the molecule is Cc1ccc(S(=O)(=O)OC[C@]2(CO)O[CH-]C3OC(c4ccccc4)OC32)cc1.[U]. The molecule has 0 spiro atoms. The second-order valence-electron chi connectivity index (χ2n) is 6.91. The zero-order valence-electron chi connectivity index (χ0n) is 15.7.